The van der Waals surface area contributed by atoms with Crippen LogP contribution in [-0.4, -0.2) is 34.2 Å². The minimum atomic E-state index is -0.257. The van der Waals surface area contributed by atoms with Crippen molar-refractivity contribution in [2.75, 3.05) is 23.5 Å². The molecular weight excluding hydrogens is 376 g/mol. The zero-order valence-electron chi connectivity index (χ0n) is 15.5. The van der Waals surface area contributed by atoms with Crippen LogP contribution in [0.25, 0.3) is 0 Å². The molecule has 2 amide bonds. The Labute approximate surface area is 167 Å². The lowest BCUT2D eigenvalue weighted by Crippen LogP contribution is -2.15. The number of carbonyl (C=O) groups excluding carboxylic acids is 2. The average Bonchev–Trinajstić information content (AvgIpc) is 3.12. The summed E-state index contributed by atoms with van der Waals surface area (Å²) in [5, 5.41) is 6.40. The van der Waals surface area contributed by atoms with Crippen molar-refractivity contribution >= 4 is 35.0 Å². The molecule has 0 saturated carbocycles. The summed E-state index contributed by atoms with van der Waals surface area (Å²) in [6, 6.07) is 13.9. The number of carbonyl (C=O) groups is 2. The molecule has 8 heteroatoms. The van der Waals surface area contributed by atoms with E-state index in [2.05, 4.69) is 15.6 Å². The molecule has 0 spiro atoms. The third kappa shape index (κ3) is 4.92. The number of imidazole rings is 1. The van der Waals surface area contributed by atoms with Crippen LogP contribution in [-0.2, 0) is 11.8 Å². The van der Waals surface area contributed by atoms with E-state index in [4.69, 9.17) is 4.74 Å². The van der Waals surface area contributed by atoms with Gasteiger partial charge in [0.25, 0.3) is 5.91 Å². The molecule has 3 rings (SSSR count). The number of rotatable bonds is 7. The van der Waals surface area contributed by atoms with Crippen molar-refractivity contribution in [2.24, 2.45) is 7.05 Å². The maximum atomic E-state index is 12.4. The van der Waals surface area contributed by atoms with Crippen LogP contribution in [0.5, 0.6) is 5.75 Å². The normalized spacial score (nSPS) is 10.4. The molecule has 0 bridgehead atoms. The second kappa shape index (κ2) is 9.09. The molecule has 0 atom stereocenters. The Morgan fingerprint density at radius 1 is 1.11 bits per heavy atom. The lowest BCUT2D eigenvalue weighted by Gasteiger charge is -2.10. The standard InChI is InChI=1S/C20H20N4O3S/c1-24-12-11-21-20(24)28-13-18(25)22-15-9-7-14(8-10-15)19(26)23-16-5-3-4-6-17(16)27-2/h3-12H,13H2,1-2H3,(H,22,25)(H,23,26). The molecule has 3 aromatic rings. The molecule has 0 aliphatic carbocycles. The molecule has 7 nitrogen and oxygen atoms in total. The van der Waals surface area contributed by atoms with Crippen molar-refractivity contribution in [3.8, 4) is 5.75 Å². The van der Waals surface area contributed by atoms with Gasteiger partial charge in [0.1, 0.15) is 5.75 Å². The Balaban J connectivity index is 1.56. The fourth-order valence-corrected chi connectivity index (χ4v) is 3.20. The minimum Gasteiger partial charge on any atom is -0.495 e. The summed E-state index contributed by atoms with van der Waals surface area (Å²) < 4.78 is 7.09. The van der Waals surface area contributed by atoms with Gasteiger partial charge in [-0.2, -0.15) is 0 Å². The quantitative estimate of drug-likeness (QED) is 0.598. The van der Waals surface area contributed by atoms with Gasteiger partial charge < -0.3 is 19.9 Å². The van der Waals surface area contributed by atoms with Gasteiger partial charge in [0, 0.05) is 30.7 Å². The lowest BCUT2D eigenvalue weighted by atomic mass is 10.2. The Morgan fingerprint density at radius 2 is 1.86 bits per heavy atom. The maximum absolute atomic E-state index is 12.4. The first kappa shape index (κ1) is 19.5. The second-order valence-electron chi connectivity index (χ2n) is 5.89. The van der Waals surface area contributed by atoms with E-state index in [0.29, 0.717) is 22.7 Å². The second-order valence-corrected chi connectivity index (χ2v) is 6.83. The lowest BCUT2D eigenvalue weighted by molar-refractivity contribution is -0.113. The van der Waals surface area contributed by atoms with Gasteiger partial charge in [0.2, 0.25) is 5.91 Å². The highest BCUT2D eigenvalue weighted by atomic mass is 32.2. The van der Waals surface area contributed by atoms with E-state index in [0.717, 1.165) is 5.16 Å². The molecule has 0 saturated heterocycles. The first-order chi connectivity index (χ1) is 13.6. The number of nitrogens with zero attached hydrogens (tertiary/aromatic N) is 2. The van der Waals surface area contributed by atoms with Gasteiger partial charge in [-0.25, -0.2) is 4.98 Å². The van der Waals surface area contributed by atoms with Gasteiger partial charge in [-0.1, -0.05) is 23.9 Å². The van der Waals surface area contributed by atoms with Crippen LogP contribution >= 0.6 is 11.8 Å². The van der Waals surface area contributed by atoms with Gasteiger partial charge in [-0.15, -0.1) is 0 Å². The van der Waals surface area contributed by atoms with Crippen LogP contribution in [0, 0.1) is 0 Å². The van der Waals surface area contributed by atoms with Crippen molar-refractivity contribution < 1.29 is 14.3 Å². The highest BCUT2D eigenvalue weighted by molar-refractivity contribution is 7.99. The van der Waals surface area contributed by atoms with Crippen LogP contribution < -0.4 is 15.4 Å². The number of methoxy groups -OCH3 is 1. The monoisotopic (exact) mass is 396 g/mol. The Bertz CT molecular complexity index is 970. The number of amides is 2. The molecule has 0 aliphatic rings. The SMILES string of the molecule is COc1ccccc1NC(=O)c1ccc(NC(=O)CSc2nccn2C)cc1. The van der Waals surface area contributed by atoms with E-state index in [9.17, 15) is 9.59 Å². The third-order valence-electron chi connectivity index (χ3n) is 3.90. The Morgan fingerprint density at radius 3 is 2.54 bits per heavy atom. The van der Waals surface area contributed by atoms with Crippen LogP contribution in [0.15, 0.2) is 66.1 Å². The predicted octanol–water partition coefficient (Wildman–Crippen LogP) is 3.41. The van der Waals surface area contributed by atoms with Gasteiger partial charge >= 0.3 is 0 Å². The zero-order chi connectivity index (χ0) is 19.9. The highest BCUT2D eigenvalue weighted by Gasteiger charge is 2.10. The van der Waals surface area contributed by atoms with E-state index in [-0.39, 0.29) is 17.6 Å². The number of aryl methyl sites for hydroxylation is 1. The number of hydrogen-bond donors (Lipinski definition) is 2. The number of nitrogens with one attached hydrogen (secondary N) is 2. The molecule has 28 heavy (non-hydrogen) atoms. The molecular formula is C20H20N4O3S. The Kier molecular flexibility index (Phi) is 6.33. The molecule has 1 heterocycles. The summed E-state index contributed by atoms with van der Waals surface area (Å²) in [6.07, 6.45) is 3.52. The van der Waals surface area contributed by atoms with E-state index in [1.165, 1.54) is 11.8 Å². The molecule has 0 fully saturated rings. The molecule has 144 valence electrons. The Hall–Kier alpha value is -3.26. The van der Waals surface area contributed by atoms with Crippen LogP contribution in [0.3, 0.4) is 0 Å². The van der Waals surface area contributed by atoms with Gasteiger partial charge in [-0.3, -0.25) is 9.59 Å². The molecule has 0 aliphatic heterocycles. The summed E-state index contributed by atoms with van der Waals surface area (Å²) in [6.45, 7) is 0. The summed E-state index contributed by atoms with van der Waals surface area (Å²) in [7, 11) is 3.43. The molecule has 2 N–H and O–H groups in total. The summed E-state index contributed by atoms with van der Waals surface area (Å²) in [5.41, 5.74) is 1.70. The van der Waals surface area contributed by atoms with E-state index >= 15 is 0 Å². The first-order valence-corrected chi connectivity index (χ1v) is 9.50. The largest absolute Gasteiger partial charge is 0.495 e. The first-order valence-electron chi connectivity index (χ1n) is 8.51. The average molecular weight is 396 g/mol. The van der Waals surface area contributed by atoms with Crippen molar-refractivity contribution in [3.05, 3.63) is 66.5 Å². The minimum absolute atomic E-state index is 0.140. The maximum Gasteiger partial charge on any atom is 0.255 e. The molecule has 2 aromatic carbocycles. The summed E-state index contributed by atoms with van der Waals surface area (Å²) in [5.74, 6) is 0.442. The number of benzene rings is 2. The van der Waals surface area contributed by atoms with Gasteiger partial charge in [-0.05, 0) is 36.4 Å². The third-order valence-corrected chi connectivity index (χ3v) is 4.95. The van der Waals surface area contributed by atoms with E-state index in [1.54, 1.807) is 49.7 Å². The van der Waals surface area contributed by atoms with Gasteiger partial charge in [0.15, 0.2) is 5.16 Å². The summed E-state index contributed by atoms with van der Waals surface area (Å²) in [4.78, 5) is 28.7. The van der Waals surface area contributed by atoms with E-state index < -0.39 is 0 Å². The smallest absolute Gasteiger partial charge is 0.255 e. The molecule has 1 aromatic heterocycles. The topological polar surface area (TPSA) is 85.2 Å². The molecule has 0 radical (unpaired) electrons. The zero-order valence-corrected chi connectivity index (χ0v) is 16.3. The number of thioether (sulfide) groups is 1. The van der Waals surface area contributed by atoms with Crippen LogP contribution in [0.1, 0.15) is 10.4 Å². The number of aromatic nitrogens is 2. The van der Waals surface area contributed by atoms with Crippen molar-refractivity contribution in [1.82, 2.24) is 9.55 Å². The molecule has 0 unspecified atom stereocenters. The van der Waals surface area contributed by atoms with Crippen LogP contribution in [0.2, 0.25) is 0 Å². The highest BCUT2D eigenvalue weighted by Crippen LogP contribution is 2.24. The fourth-order valence-electron chi connectivity index (χ4n) is 2.47. The fraction of sp³-hybridized carbons (Fsp3) is 0.150. The van der Waals surface area contributed by atoms with E-state index in [1.807, 2.05) is 29.9 Å². The predicted molar refractivity (Wildman–Crippen MR) is 110 cm³/mol. The number of hydrogen-bond acceptors (Lipinski definition) is 5. The number of para-hydroxylation sites is 2. The van der Waals surface area contributed by atoms with Crippen LogP contribution in [0.4, 0.5) is 11.4 Å². The number of ether oxygens (including phenoxy) is 1. The van der Waals surface area contributed by atoms with Crippen molar-refractivity contribution in [1.29, 1.82) is 0 Å². The number of anilines is 2. The van der Waals surface area contributed by atoms with Crippen molar-refractivity contribution in [3.63, 3.8) is 0 Å². The van der Waals surface area contributed by atoms with Gasteiger partial charge in [0.05, 0.1) is 18.6 Å². The summed E-state index contributed by atoms with van der Waals surface area (Å²) >= 11 is 1.36. The van der Waals surface area contributed by atoms with Crippen molar-refractivity contribution in [2.45, 2.75) is 5.16 Å².